The van der Waals surface area contributed by atoms with E-state index in [9.17, 15) is 9.59 Å². The lowest BCUT2D eigenvalue weighted by atomic mass is 10.1. The summed E-state index contributed by atoms with van der Waals surface area (Å²) in [5, 5.41) is 2.46. The van der Waals surface area contributed by atoms with Crippen molar-refractivity contribution in [1.82, 2.24) is 4.90 Å². The van der Waals surface area contributed by atoms with Crippen LogP contribution in [0, 0.1) is 0 Å². The van der Waals surface area contributed by atoms with Gasteiger partial charge in [0.05, 0.1) is 5.69 Å². The second kappa shape index (κ2) is 4.89. The maximum atomic E-state index is 11.5. The van der Waals surface area contributed by atoms with Gasteiger partial charge in [0.1, 0.15) is 5.75 Å². The van der Waals surface area contributed by atoms with Crippen molar-refractivity contribution >= 4 is 29.5 Å². The molecular weight excluding hydrogens is 252 g/mol. The van der Waals surface area contributed by atoms with E-state index in [4.69, 9.17) is 4.74 Å². The quantitative estimate of drug-likeness (QED) is 0.804. The summed E-state index contributed by atoms with van der Waals surface area (Å²) in [5.41, 5.74) is 1.53. The molecule has 2 rings (SSSR count). The Hall–Kier alpha value is -1.69. The summed E-state index contributed by atoms with van der Waals surface area (Å²) in [5.74, 6) is 0.476. The van der Waals surface area contributed by atoms with Crippen LogP contribution in [0.1, 0.15) is 12.5 Å². The summed E-state index contributed by atoms with van der Waals surface area (Å²) >= 11 is 3.74. The molecule has 0 saturated heterocycles. The van der Waals surface area contributed by atoms with Crippen LogP contribution in [-0.2, 0) is 11.3 Å². The Morgan fingerprint density at radius 1 is 1.56 bits per heavy atom. The number of carbonyl (C=O) groups excluding carboxylic acids is 2. The monoisotopic (exact) mass is 266 g/mol. The number of carbonyl (C=O) groups is 2. The average molecular weight is 266 g/mol. The molecular formula is C12H14N2O3S. The van der Waals surface area contributed by atoms with Crippen molar-refractivity contribution in [2.75, 3.05) is 12.4 Å². The van der Waals surface area contributed by atoms with Gasteiger partial charge in [0, 0.05) is 13.6 Å². The van der Waals surface area contributed by atoms with Crippen molar-refractivity contribution < 1.29 is 14.3 Å². The predicted molar refractivity (Wildman–Crippen MR) is 71.0 cm³/mol. The van der Waals surface area contributed by atoms with Gasteiger partial charge in [0.2, 0.25) is 0 Å². The fraction of sp³-hybridized carbons (Fsp3) is 0.333. The number of hydrogen-bond donors (Lipinski definition) is 2. The minimum atomic E-state index is -0.481. The number of anilines is 1. The Morgan fingerprint density at radius 3 is 2.94 bits per heavy atom. The van der Waals surface area contributed by atoms with Gasteiger partial charge in [-0.15, -0.1) is 0 Å². The molecule has 0 aromatic heterocycles. The van der Waals surface area contributed by atoms with Crippen LogP contribution in [0.5, 0.6) is 5.75 Å². The SMILES string of the molecule is CC1Oc2ccc(CN(C)C(=O)S)cc2NC1=O. The zero-order valence-corrected chi connectivity index (χ0v) is 11.0. The molecule has 1 aromatic carbocycles. The van der Waals surface area contributed by atoms with Gasteiger partial charge >= 0.3 is 0 Å². The first-order valence-corrected chi connectivity index (χ1v) is 5.96. The molecule has 5 nitrogen and oxygen atoms in total. The molecule has 1 aliphatic rings. The number of nitrogens with zero attached hydrogens (tertiary/aromatic N) is 1. The first-order valence-electron chi connectivity index (χ1n) is 5.52. The van der Waals surface area contributed by atoms with E-state index in [1.54, 1.807) is 26.1 Å². The third-order valence-electron chi connectivity index (χ3n) is 2.72. The predicted octanol–water partition coefficient (Wildman–Crippen LogP) is 1.89. The van der Waals surface area contributed by atoms with E-state index in [0.717, 1.165) is 5.56 Å². The highest BCUT2D eigenvalue weighted by Gasteiger charge is 2.23. The maximum absolute atomic E-state index is 11.5. The van der Waals surface area contributed by atoms with Crippen molar-refractivity contribution in [2.45, 2.75) is 19.6 Å². The number of thiol groups is 1. The average Bonchev–Trinajstić information content (AvgIpc) is 2.31. The van der Waals surface area contributed by atoms with Crippen LogP contribution in [0.4, 0.5) is 10.5 Å². The van der Waals surface area contributed by atoms with Gasteiger partial charge in [0.15, 0.2) is 6.10 Å². The van der Waals surface area contributed by atoms with Crippen LogP contribution in [0.25, 0.3) is 0 Å². The van der Waals surface area contributed by atoms with Crippen molar-refractivity contribution in [2.24, 2.45) is 0 Å². The molecule has 1 unspecified atom stereocenters. The molecule has 0 saturated carbocycles. The second-order valence-electron chi connectivity index (χ2n) is 4.22. The van der Waals surface area contributed by atoms with Gasteiger partial charge in [-0.05, 0) is 24.6 Å². The molecule has 1 N–H and O–H groups in total. The normalized spacial score (nSPS) is 17.5. The lowest BCUT2D eigenvalue weighted by Gasteiger charge is -2.24. The molecule has 0 fully saturated rings. The summed E-state index contributed by atoms with van der Waals surface area (Å²) < 4.78 is 5.44. The van der Waals surface area contributed by atoms with Crippen molar-refractivity contribution in [3.63, 3.8) is 0 Å². The molecule has 0 radical (unpaired) electrons. The van der Waals surface area contributed by atoms with Gasteiger partial charge in [-0.1, -0.05) is 18.7 Å². The minimum absolute atomic E-state index is 0.168. The van der Waals surface area contributed by atoms with Crippen LogP contribution in [0.2, 0.25) is 0 Å². The largest absolute Gasteiger partial charge is 0.479 e. The second-order valence-corrected chi connectivity index (χ2v) is 4.60. The third kappa shape index (κ3) is 2.59. The van der Waals surface area contributed by atoms with Gasteiger partial charge in [-0.2, -0.15) is 0 Å². The van der Waals surface area contributed by atoms with E-state index in [0.29, 0.717) is 18.0 Å². The Labute approximate surface area is 111 Å². The van der Waals surface area contributed by atoms with E-state index < -0.39 is 6.10 Å². The van der Waals surface area contributed by atoms with Crippen LogP contribution >= 0.6 is 12.6 Å². The van der Waals surface area contributed by atoms with Gasteiger partial charge in [-0.3, -0.25) is 9.59 Å². The summed E-state index contributed by atoms with van der Waals surface area (Å²) in [6.07, 6.45) is -0.481. The topological polar surface area (TPSA) is 58.6 Å². The van der Waals surface area contributed by atoms with Gasteiger partial charge in [0.25, 0.3) is 11.1 Å². The summed E-state index contributed by atoms with van der Waals surface area (Å²) in [6.45, 7) is 2.13. The summed E-state index contributed by atoms with van der Waals surface area (Å²) in [7, 11) is 1.66. The molecule has 6 heteroatoms. The molecule has 0 aliphatic carbocycles. The minimum Gasteiger partial charge on any atom is -0.479 e. The number of hydrogen-bond acceptors (Lipinski definition) is 3. The molecule has 18 heavy (non-hydrogen) atoms. The Kier molecular flexibility index (Phi) is 3.47. The molecule has 96 valence electrons. The van der Waals surface area contributed by atoms with E-state index >= 15 is 0 Å². The zero-order chi connectivity index (χ0) is 13.3. The fourth-order valence-electron chi connectivity index (χ4n) is 1.70. The summed E-state index contributed by atoms with van der Waals surface area (Å²) in [6, 6.07) is 5.44. The molecule has 0 spiro atoms. The summed E-state index contributed by atoms with van der Waals surface area (Å²) in [4.78, 5) is 24.0. The van der Waals surface area contributed by atoms with E-state index in [1.807, 2.05) is 6.07 Å². The standard InChI is InChI=1S/C12H14N2O3S/c1-7-11(15)13-9-5-8(3-4-10(9)17-7)6-14(2)12(16)18/h3-5,7H,6H2,1-2H3,(H,13,15)(H,16,18). The first-order chi connectivity index (χ1) is 8.47. The Morgan fingerprint density at radius 2 is 2.28 bits per heavy atom. The maximum Gasteiger partial charge on any atom is 0.278 e. The number of rotatable bonds is 2. The lowest BCUT2D eigenvalue weighted by Crippen LogP contribution is -2.34. The van der Waals surface area contributed by atoms with Crippen molar-refractivity contribution in [3.8, 4) is 5.75 Å². The van der Waals surface area contributed by atoms with E-state index in [1.165, 1.54) is 4.90 Å². The van der Waals surface area contributed by atoms with E-state index in [-0.39, 0.29) is 11.1 Å². The van der Waals surface area contributed by atoms with Crippen LogP contribution in [-0.4, -0.2) is 29.2 Å². The van der Waals surface area contributed by atoms with Crippen molar-refractivity contribution in [3.05, 3.63) is 23.8 Å². The highest BCUT2D eigenvalue weighted by Crippen LogP contribution is 2.30. The third-order valence-corrected chi connectivity index (χ3v) is 3.06. The molecule has 1 atom stereocenters. The number of nitrogens with one attached hydrogen (secondary N) is 1. The zero-order valence-electron chi connectivity index (χ0n) is 10.1. The van der Waals surface area contributed by atoms with Gasteiger partial charge < -0.3 is 15.0 Å². The van der Waals surface area contributed by atoms with Crippen molar-refractivity contribution in [1.29, 1.82) is 0 Å². The fourth-order valence-corrected chi connectivity index (χ4v) is 1.77. The first kappa shape index (κ1) is 12.8. The highest BCUT2D eigenvalue weighted by molar-refractivity contribution is 7.96. The highest BCUT2D eigenvalue weighted by atomic mass is 32.1. The van der Waals surface area contributed by atoms with E-state index in [2.05, 4.69) is 17.9 Å². The lowest BCUT2D eigenvalue weighted by molar-refractivity contribution is -0.122. The van der Waals surface area contributed by atoms with Crippen LogP contribution in [0.3, 0.4) is 0 Å². The number of ether oxygens (including phenoxy) is 1. The van der Waals surface area contributed by atoms with Gasteiger partial charge in [-0.25, -0.2) is 0 Å². The number of fused-ring (bicyclic) bond motifs is 1. The molecule has 0 bridgehead atoms. The Bertz CT molecular complexity index is 504. The Balaban J connectivity index is 2.20. The number of amides is 2. The molecule has 2 amide bonds. The smallest absolute Gasteiger partial charge is 0.278 e. The van der Waals surface area contributed by atoms with Crippen LogP contribution in [0.15, 0.2) is 18.2 Å². The van der Waals surface area contributed by atoms with Crippen LogP contribution < -0.4 is 10.1 Å². The molecule has 1 aliphatic heterocycles. The molecule has 1 aromatic rings. The number of benzene rings is 1. The molecule has 1 heterocycles.